The van der Waals surface area contributed by atoms with Crippen molar-refractivity contribution in [1.82, 2.24) is 9.88 Å². The molecule has 0 spiro atoms. The van der Waals surface area contributed by atoms with E-state index in [2.05, 4.69) is 10.3 Å². The minimum atomic E-state index is -0.0544. The normalized spacial score (nSPS) is 14.4. The average molecular weight is 313 g/mol. The van der Waals surface area contributed by atoms with Gasteiger partial charge in [0.1, 0.15) is 11.4 Å². The molecule has 3 rings (SSSR count). The smallest absolute Gasteiger partial charge is 0.272 e. The van der Waals surface area contributed by atoms with Crippen molar-refractivity contribution in [2.45, 2.75) is 0 Å². The predicted molar refractivity (Wildman–Crippen MR) is 87.2 cm³/mol. The summed E-state index contributed by atoms with van der Waals surface area (Å²) in [6.45, 7) is 2.40. The molecule has 0 aliphatic carbocycles. The van der Waals surface area contributed by atoms with Crippen molar-refractivity contribution in [2.24, 2.45) is 0 Å². The summed E-state index contributed by atoms with van der Waals surface area (Å²) in [5.41, 5.74) is 2.17. The number of rotatable bonds is 4. The number of methoxy groups -OCH3 is 1. The van der Waals surface area contributed by atoms with E-state index in [0.29, 0.717) is 32.0 Å². The first-order valence-corrected chi connectivity index (χ1v) is 7.50. The molecule has 23 heavy (non-hydrogen) atoms. The molecule has 1 aromatic heterocycles. The van der Waals surface area contributed by atoms with E-state index in [9.17, 15) is 4.79 Å². The Bertz CT molecular complexity index is 667. The van der Waals surface area contributed by atoms with Crippen LogP contribution in [0.1, 0.15) is 10.5 Å². The zero-order valence-electron chi connectivity index (χ0n) is 13.0. The van der Waals surface area contributed by atoms with Crippen LogP contribution in [0.4, 0.5) is 11.4 Å². The number of hydrogen-bond acceptors (Lipinski definition) is 5. The van der Waals surface area contributed by atoms with Gasteiger partial charge in [0.05, 0.1) is 32.2 Å². The maximum atomic E-state index is 12.3. The van der Waals surface area contributed by atoms with Gasteiger partial charge in [-0.1, -0.05) is 6.07 Å². The lowest BCUT2D eigenvalue weighted by molar-refractivity contribution is 0.0299. The summed E-state index contributed by atoms with van der Waals surface area (Å²) < 4.78 is 10.4. The first kappa shape index (κ1) is 15.3. The molecule has 1 aromatic carbocycles. The highest BCUT2D eigenvalue weighted by Crippen LogP contribution is 2.21. The van der Waals surface area contributed by atoms with E-state index in [-0.39, 0.29) is 5.91 Å². The van der Waals surface area contributed by atoms with Gasteiger partial charge in [0, 0.05) is 24.8 Å². The number of hydrogen-bond donors (Lipinski definition) is 1. The highest BCUT2D eigenvalue weighted by Gasteiger charge is 2.19. The van der Waals surface area contributed by atoms with Gasteiger partial charge in [-0.2, -0.15) is 0 Å². The molecule has 1 saturated heterocycles. The lowest BCUT2D eigenvalue weighted by Gasteiger charge is -2.26. The van der Waals surface area contributed by atoms with Crippen molar-refractivity contribution < 1.29 is 14.3 Å². The molecule has 1 amide bonds. The largest absolute Gasteiger partial charge is 0.497 e. The Balaban J connectivity index is 1.67. The van der Waals surface area contributed by atoms with Crippen molar-refractivity contribution in [3.8, 4) is 5.75 Å². The van der Waals surface area contributed by atoms with E-state index in [1.165, 1.54) is 0 Å². The molecule has 0 atom stereocenters. The first-order valence-electron chi connectivity index (χ1n) is 7.50. The third-order valence-electron chi connectivity index (χ3n) is 3.64. The quantitative estimate of drug-likeness (QED) is 0.938. The van der Waals surface area contributed by atoms with Crippen LogP contribution in [0, 0.1) is 0 Å². The minimum absolute atomic E-state index is 0.0544. The highest BCUT2D eigenvalue weighted by atomic mass is 16.5. The number of pyridine rings is 1. The molecular formula is C17H19N3O3. The summed E-state index contributed by atoms with van der Waals surface area (Å²) in [5.74, 6) is 0.725. The van der Waals surface area contributed by atoms with Gasteiger partial charge < -0.3 is 19.7 Å². The number of morpholine rings is 1. The van der Waals surface area contributed by atoms with Gasteiger partial charge in [0.15, 0.2) is 0 Å². The van der Waals surface area contributed by atoms with E-state index < -0.39 is 0 Å². The summed E-state index contributed by atoms with van der Waals surface area (Å²) in [6.07, 6.45) is 1.66. The van der Waals surface area contributed by atoms with Crippen LogP contribution in [0.3, 0.4) is 0 Å². The summed E-state index contributed by atoms with van der Waals surface area (Å²) in [7, 11) is 1.63. The van der Waals surface area contributed by atoms with E-state index in [1.807, 2.05) is 30.3 Å². The number of amides is 1. The van der Waals surface area contributed by atoms with Crippen molar-refractivity contribution >= 4 is 17.3 Å². The molecule has 1 aliphatic rings. The highest BCUT2D eigenvalue weighted by molar-refractivity contribution is 5.92. The van der Waals surface area contributed by atoms with Crippen molar-refractivity contribution in [2.75, 3.05) is 38.7 Å². The fourth-order valence-electron chi connectivity index (χ4n) is 2.39. The third-order valence-corrected chi connectivity index (χ3v) is 3.64. The van der Waals surface area contributed by atoms with Crippen LogP contribution in [0.25, 0.3) is 0 Å². The Morgan fingerprint density at radius 1 is 1.22 bits per heavy atom. The van der Waals surface area contributed by atoms with Gasteiger partial charge in [0.2, 0.25) is 0 Å². The summed E-state index contributed by atoms with van der Waals surface area (Å²) in [5, 5.41) is 3.24. The van der Waals surface area contributed by atoms with Crippen molar-refractivity contribution in [3.05, 3.63) is 48.3 Å². The molecule has 2 aromatic rings. The number of nitrogens with zero attached hydrogens (tertiary/aromatic N) is 2. The van der Waals surface area contributed by atoms with Crippen LogP contribution in [0.2, 0.25) is 0 Å². The molecule has 6 nitrogen and oxygen atoms in total. The van der Waals surface area contributed by atoms with Gasteiger partial charge in [-0.3, -0.25) is 4.79 Å². The van der Waals surface area contributed by atoms with E-state index in [0.717, 1.165) is 17.1 Å². The molecular weight excluding hydrogens is 294 g/mol. The molecule has 120 valence electrons. The van der Waals surface area contributed by atoms with Crippen LogP contribution in [-0.4, -0.2) is 49.2 Å². The average Bonchev–Trinajstić information content (AvgIpc) is 2.63. The number of carbonyl (C=O) groups is 1. The zero-order chi connectivity index (χ0) is 16.1. The second kappa shape index (κ2) is 7.11. The molecule has 0 bridgehead atoms. The Labute approximate surface area is 135 Å². The van der Waals surface area contributed by atoms with E-state index in [4.69, 9.17) is 9.47 Å². The summed E-state index contributed by atoms with van der Waals surface area (Å²) >= 11 is 0. The Morgan fingerprint density at radius 2 is 2.04 bits per heavy atom. The van der Waals surface area contributed by atoms with Crippen LogP contribution in [-0.2, 0) is 4.74 Å². The summed E-state index contributed by atoms with van der Waals surface area (Å²) in [6, 6.07) is 11.2. The number of nitrogens with one attached hydrogen (secondary N) is 1. The Morgan fingerprint density at radius 3 is 2.74 bits per heavy atom. The molecule has 1 N–H and O–H groups in total. The molecule has 1 fully saturated rings. The lowest BCUT2D eigenvalue weighted by atomic mass is 10.2. The third kappa shape index (κ3) is 3.78. The van der Waals surface area contributed by atoms with Gasteiger partial charge in [-0.25, -0.2) is 4.98 Å². The Hall–Kier alpha value is -2.60. The molecule has 6 heteroatoms. The lowest BCUT2D eigenvalue weighted by Crippen LogP contribution is -2.41. The zero-order valence-corrected chi connectivity index (χ0v) is 13.0. The van der Waals surface area contributed by atoms with Gasteiger partial charge in [-0.15, -0.1) is 0 Å². The summed E-state index contributed by atoms with van der Waals surface area (Å²) in [4.78, 5) is 18.4. The standard InChI is InChI=1S/C17H19N3O3/c1-22-15-4-2-3-13(11-15)19-14-5-6-16(18-12-14)17(21)20-7-9-23-10-8-20/h2-6,11-12,19H,7-10H2,1H3. The number of benzene rings is 1. The molecule has 2 heterocycles. The maximum absolute atomic E-state index is 12.3. The Kier molecular flexibility index (Phi) is 4.73. The van der Waals surface area contributed by atoms with Crippen LogP contribution >= 0.6 is 0 Å². The second-order valence-electron chi connectivity index (χ2n) is 5.19. The van der Waals surface area contributed by atoms with Crippen LogP contribution in [0.5, 0.6) is 5.75 Å². The van der Waals surface area contributed by atoms with Gasteiger partial charge >= 0.3 is 0 Å². The van der Waals surface area contributed by atoms with Crippen molar-refractivity contribution in [1.29, 1.82) is 0 Å². The maximum Gasteiger partial charge on any atom is 0.272 e. The fourth-order valence-corrected chi connectivity index (χ4v) is 2.39. The van der Waals surface area contributed by atoms with Crippen LogP contribution < -0.4 is 10.1 Å². The van der Waals surface area contributed by atoms with Crippen LogP contribution in [0.15, 0.2) is 42.6 Å². The monoisotopic (exact) mass is 313 g/mol. The molecule has 0 unspecified atom stereocenters. The number of anilines is 2. The van der Waals surface area contributed by atoms with E-state index >= 15 is 0 Å². The SMILES string of the molecule is COc1cccc(Nc2ccc(C(=O)N3CCOCC3)nc2)c1. The fraction of sp³-hybridized carbons (Fsp3) is 0.294. The van der Waals surface area contributed by atoms with Gasteiger partial charge in [0.25, 0.3) is 5.91 Å². The number of ether oxygens (including phenoxy) is 2. The molecule has 0 radical (unpaired) electrons. The van der Waals surface area contributed by atoms with Crippen molar-refractivity contribution in [3.63, 3.8) is 0 Å². The molecule has 0 saturated carbocycles. The first-order chi connectivity index (χ1) is 11.3. The number of carbonyl (C=O) groups excluding carboxylic acids is 1. The second-order valence-corrected chi connectivity index (χ2v) is 5.19. The predicted octanol–water partition coefficient (Wildman–Crippen LogP) is 2.31. The van der Waals surface area contributed by atoms with E-state index in [1.54, 1.807) is 24.3 Å². The van der Waals surface area contributed by atoms with Gasteiger partial charge in [-0.05, 0) is 24.3 Å². The minimum Gasteiger partial charge on any atom is -0.497 e. The number of aromatic nitrogens is 1. The molecule has 1 aliphatic heterocycles. The topological polar surface area (TPSA) is 63.7 Å².